The van der Waals surface area contributed by atoms with E-state index in [-0.39, 0.29) is 0 Å². The molecule has 1 aromatic heterocycles. The number of hydrogen-bond donors (Lipinski definition) is 0. The molecular formula is C18H15ClN+. The van der Waals surface area contributed by atoms with E-state index in [1.54, 1.807) is 0 Å². The Morgan fingerprint density at radius 2 is 1.35 bits per heavy atom. The number of para-hydroxylation sites is 1. The molecule has 0 radical (unpaired) electrons. The molecule has 0 aliphatic rings. The first kappa shape index (κ1) is 12.9. The van der Waals surface area contributed by atoms with Gasteiger partial charge in [-0.25, -0.2) is 0 Å². The van der Waals surface area contributed by atoms with Crippen LogP contribution in [0.5, 0.6) is 0 Å². The van der Waals surface area contributed by atoms with E-state index in [1.807, 2.05) is 36.4 Å². The average Bonchev–Trinajstić information content (AvgIpc) is 2.49. The van der Waals surface area contributed by atoms with Crippen LogP contribution in [0.15, 0.2) is 72.8 Å². The van der Waals surface area contributed by atoms with Gasteiger partial charge >= 0.3 is 0 Å². The van der Waals surface area contributed by atoms with Crippen LogP contribution in [0.3, 0.4) is 0 Å². The van der Waals surface area contributed by atoms with Gasteiger partial charge in [-0.15, -0.1) is 4.57 Å². The monoisotopic (exact) mass is 280 g/mol. The summed E-state index contributed by atoms with van der Waals surface area (Å²) in [4.78, 5) is 0. The van der Waals surface area contributed by atoms with Crippen molar-refractivity contribution in [3.8, 4) is 16.8 Å². The third-order valence-electron chi connectivity index (χ3n) is 3.36. The van der Waals surface area contributed by atoms with E-state index in [9.17, 15) is 0 Å². The Hall–Kier alpha value is -2.12. The van der Waals surface area contributed by atoms with Gasteiger partial charge in [0.05, 0.1) is 5.56 Å². The molecule has 0 saturated carbocycles. The van der Waals surface area contributed by atoms with Crippen LogP contribution >= 0.6 is 11.6 Å². The molecule has 0 amide bonds. The lowest BCUT2D eigenvalue weighted by Crippen LogP contribution is -2.35. The second kappa shape index (κ2) is 5.48. The summed E-state index contributed by atoms with van der Waals surface area (Å²) in [5, 5.41) is 0.738. The van der Waals surface area contributed by atoms with Crippen molar-refractivity contribution in [1.29, 1.82) is 0 Å². The van der Waals surface area contributed by atoms with Crippen LogP contribution in [0.2, 0.25) is 5.15 Å². The minimum absolute atomic E-state index is 0.738. The molecule has 3 aromatic rings. The van der Waals surface area contributed by atoms with E-state index in [2.05, 4.69) is 47.9 Å². The van der Waals surface area contributed by atoms with Gasteiger partial charge in [0.15, 0.2) is 5.69 Å². The standard InChI is InChI=1S/C18H15ClN/c1-14-12-13-17(15-8-4-2-5-9-15)18(19)20(14)16-10-6-3-7-11-16/h2-13H,1H3/q+1. The molecule has 0 aliphatic carbocycles. The van der Waals surface area contributed by atoms with Crippen molar-refractivity contribution in [2.24, 2.45) is 0 Å². The van der Waals surface area contributed by atoms with Gasteiger partial charge in [0, 0.05) is 25.1 Å². The second-order valence-corrected chi connectivity index (χ2v) is 5.07. The summed E-state index contributed by atoms with van der Waals surface area (Å²) in [6.45, 7) is 2.06. The molecule has 0 spiro atoms. The third-order valence-corrected chi connectivity index (χ3v) is 3.73. The molecule has 1 heterocycles. The van der Waals surface area contributed by atoms with Crippen LogP contribution < -0.4 is 4.57 Å². The Morgan fingerprint density at radius 1 is 0.750 bits per heavy atom. The summed E-state index contributed by atoms with van der Waals surface area (Å²) < 4.78 is 2.07. The third kappa shape index (κ3) is 2.33. The normalized spacial score (nSPS) is 10.5. The zero-order chi connectivity index (χ0) is 13.9. The van der Waals surface area contributed by atoms with Crippen molar-refractivity contribution in [2.45, 2.75) is 6.92 Å². The number of benzene rings is 2. The smallest absolute Gasteiger partial charge is 0.147 e. The van der Waals surface area contributed by atoms with Crippen LogP contribution in [-0.4, -0.2) is 0 Å². The van der Waals surface area contributed by atoms with Gasteiger partial charge in [-0.1, -0.05) is 48.5 Å². The summed E-state index contributed by atoms with van der Waals surface area (Å²) in [5.41, 5.74) is 4.36. The number of nitrogens with zero attached hydrogens (tertiary/aromatic N) is 1. The van der Waals surface area contributed by atoms with Gasteiger partial charge in [-0.3, -0.25) is 0 Å². The Morgan fingerprint density at radius 3 is 2.00 bits per heavy atom. The first-order chi connectivity index (χ1) is 9.77. The van der Waals surface area contributed by atoms with Gasteiger partial charge in [-0.2, -0.15) is 0 Å². The lowest BCUT2D eigenvalue weighted by atomic mass is 10.1. The predicted molar refractivity (Wildman–Crippen MR) is 83.2 cm³/mol. The molecule has 0 saturated heterocycles. The van der Waals surface area contributed by atoms with Crippen molar-refractivity contribution in [2.75, 3.05) is 0 Å². The molecule has 0 bridgehead atoms. The largest absolute Gasteiger partial charge is 0.288 e. The highest BCUT2D eigenvalue weighted by atomic mass is 35.5. The first-order valence-corrected chi connectivity index (χ1v) is 6.97. The molecule has 98 valence electrons. The van der Waals surface area contributed by atoms with E-state index in [4.69, 9.17) is 11.6 Å². The number of rotatable bonds is 2. The summed E-state index contributed by atoms with van der Waals surface area (Å²) in [5.74, 6) is 0. The van der Waals surface area contributed by atoms with E-state index in [0.717, 1.165) is 27.7 Å². The molecule has 0 fully saturated rings. The maximum absolute atomic E-state index is 6.65. The summed E-state index contributed by atoms with van der Waals surface area (Å²) in [6.07, 6.45) is 0. The predicted octanol–water partition coefficient (Wildman–Crippen LogP) is 4.59. The van der Waals surface area contributed by atoms with Gasteiger partial charge in [0.25, 0.3) is 5.15 Å². The van der Waals surface area contributed by atoms with Crippen LogP contribution in [0.25, 0.3) is 16.8 Å². The lowest BCUT2D eigenvalue weighted by molar-refractivity contribution is -0.599. The van der Waals surface area contributed by atoms with Crippen molar-refractivity contribution >= 4 is 11.6 Å². The minimum atomic E-state index is 0.738. The maximum atomic E-state index is 6.65. The maximum Gasteiger partial charge on any atom is 0.288 e. The number of hydrogen-bond acceptors (Lipinski definition) is 0. The molecule has 20 heavy (non-hydrogen) atoms. The van der Waals surface area contributed by atoms with Crippen molar-refractivity contribution in [3.63, 3.8) is 0 Å². The number of aromatic nitrogens is 1. The molecule has 0 unspecified atom stereocenters. The highest BCUT2D eigenvalue weighted by Gasteiger charge is 2.20. The van der Waals surface area contributed by atoms with Crippen LogP contribution in [0.4, 0.5) is 0 Å². The summed E-state index contributed by atoms with van der Waals surface area (Å²) >= 11 is 6.65. The number of aryl methyl sites for hydroxylation is 1. The van der Waals surface area contributed by atoms with Gasteiger partial charge in [0.1, 0.15) is 0 Å². The quantitative estimate of drug-likeness (QED) is 0.477. The van der Waals surface area contributed by atoms with E-state index in [0.29, 0.717) is 0 Å². The van der Waals surface area contributed by atoms with Gasteiger partial charge in [-0.05, 0) is 23.2 Å². The van der Waals surface area contributed by atoms with Gasteiger partial charge in [0.2, 0.25) is 5.69 Å². The fraction of sp³-hybridized carbons (Fsp3) is 0.0556. The topological polar surface area (TPSA) is 3.88 Å². The SMILES string of the molecule is Cc1ccc(-c2ccccc2)c(Cl)[n+]1-c1ccccc1. The van der Waals surface area contributed by atoms with E-state index >= 15 is 0 Å². The van der Waals surface area contributed by atoms with Crippen molar-refractivity contribution in [1.82, 2.24) is 0 Å². The Kier molecular flexibility index (Phi) is 3.53. The molecule has 2 heteroatoms. The lowest BCUT2D eigenvalue weighted by Gasteiger charge is -2.06. The van der Waals surface area contributed by atoms with Gasteiger partial charge < -0.3 is 0 Å². The highest BCUT2D eigenvalue weighted by Crippen LogP contribution is 2.26. The highest BCUT2D eigenvalue weighted by molar-refractivity contribution is 6.31. The molecule has 0 N–H and O–H groups in total. The number of pyridine rings is 1. The van der Waals surface area contributed by atoms with Crippen molar-refractivity contribution in [3.05, 3.63) is 83.6 Å². The molecular weight excluding hydrogens is 266 g/mol. The zero-order valence-electron chi connectivity index (χ0n) is 11.3. The van der Waals surface area contributed by atoms with E-state index in [1.165, 1.54) is 0 Å². The van der Waals surface area contributed by atoms with E-state index < -0.39 is 0 Å². The average molecular weight is 281 g/mol. The number of halogens is 1. The minimum Gasteiger partial charge on any atom is -0.147 e. The fourth-order valence-corrected chi connectivity index (χ4v) is 2.75. The first-order valence-electron chi connectivity index (χ1n) is 6.59. The Bertz CT molecular complexity index is 721. The van der Waals surface area contributed by atoms with Crippen LogP contribution in [-0.2, 0) is 0 Å². The van der Waals surface area contributed by atoms with Crippen LogP contribution in [0, 0.1) is 6.92 Å². The molecule has 3 rings (SSSR count). The Labute approximate surface area is 124 Å². The second-order valence-electron chi connectivity index (χ2n) is 4.72. The Balaban J connectivity index is 2.22. The summed E-state index contributed by atoms with van der Waals surface area (Å²) in [7, 11) is 0. The summed E-state index contributed by atoms with van der Waals surface area (Å²) in [6, 6.07) is 24.6. The molecule has 0 aliphatic heterocycles. The van der Waals surface area contributed by atoms with Crippen LogP contribution in [0.1, 0.15) is 5.69 Å². The molecule has 0 atom stereocenters. The molecule has 1 nitrogen and oxygen atoms in total. The van der Waals surface area contributed by atoms with Crippen molar-refractivity contribution < 1.29 is 4.57 Å². The molecule has 2 aromatic carbocycles. The zero-order valence-corrected chi connectivity index (χ0v) is 12.0. The fourth-order valence-electron chi connectivity index (χ4n) is 2.35.